The van der Waals surface area contributed by atoms with Gasteiger partial charge in [-0.3, -0.25) is 0 Å². The minimum absolute atomic E-state index is 0.687. The Balaban J connectivity index is 0.000000114. The van der Waals surface area contributed by atoms with Crippen molar-refractivity contribution in [3.8, 4) is 141 Å². The van der Waals surface area contributed by atoms with Crippen molar-refractivity contribution in [1.29, 1.82) is 0 Å². The van der Waals surface area contributed by atoms with E-state index in [2.05, 4.69) is 414 Å². The van der Waals surface area contributed by atoms with Crippen LogP contribution in [0.25, 0.3) is 206 Å². The second-order valence-electron chi connectivity index (χ2n) is 35.8. The van der Waals surface area contributed by atoms with Crippen molar-refractivity contribution in [2.45, 2.75) is 76.0 Å². The van der Waals surface area contributed by atoms with Crippen LogP contribution in [0.1, 0.15) is 87.2 Å². The molecule has 17 aromatic carbocycles. The monoisotopic (exact) mass is 1730 g/mol. The molecular weight excluding hydrogens is 1640 g/mol. The third kappa shape index (κ3) is 17.0. The highest BCUT2D eigenvalue weighted by molar-refractivity contribution is 6.12. The highest BCUT2D eigenvalue weighted by Crippen LogP contribution is 2.44. The van der Waals surface area contributed by atoms with E-state index in [0.29, 0.717) is 17.7 Å². The van der Waals surface area contributed by atoms with Gasteiger partial charge in [0.2, 0.25) is 0 Å². The molecular formula is C127H98N8. The predicted octanol–water partition coefficient (Wildman–Crippen LogP) is 33.8. The fourth-order valence-corrected chi connectivity index (χ4v) is 20.5. The lowest BCUT2D eigenvalue weighted by atomic mass is 9.83. The van der Waals surface area contributed by atoms with Gasteiger partial charge in [-0.1, -0.05) is 390 Å². The van der Waals surface area contributed by atoms with Gasteiger partial charge in [-0.2, -0.15) is 0 Å². The fourth-order valence-electron chi connectivity index (χ4n) is 20.5. The molecule has 25 rings (SSSR count). The lowest BCUT2D eigenvalue weighted by Gasteiger charge is -2.22. The van der Waals surface area contributed by atoms with Gasteiger partial charge in [-0.15, -0.1) is 0 Å². The Bertz CT molecular complexity index is 7580. The number of rotatable bonds is 16. The second-order valence-corrected chi connectivity index (χ2v) is 35.8. The van der Waals surface area contributed by atoms with Crippen LogP contribution >= 0.6 is 0 Å². The molecule has 646 valence electrons. The topological polar surface area (TPSA) is 79.2 Å². The number of benzene rings is 17. The fraction of sp³-hybridized carbons (Fsp3) is 0.0945. The molecule has 0 N–H and O–H groups in total. The van der Waals surface area contributed by atoms with E-state index in [1.54, 1.807) is 0 Å². The van der Waals surface area contributed by atoms with Gasteiger partial charge < -0.3 is 13.7 Å². The first-order valence-corrected chi connectivity index (χ1v) is 47.6. The Hall–Kier alpha value is -16.6. The van der Waals surface area contributed by atoms with Gasteiger partial charge in [0.1, 0.15) is 0 Å². The van der Waals surface area contributed by atoms with E-state index < -0.39 is 0 Å². The molecule has 135 heavy (non-hydrogen) atoms. The van der Waals surface area contributed by atoms with E-state index >= 15 is 0 Å². The molecule has 2 aliphatic rings. The van der Waals surface area contributed by atoms with Crippen LogP contribution in [-0.2, 0) is 0 Å². The first-order chi connectivity index (χ1) is 66.9. The number of fused-ring (bicyclic) bond motifs is 9. The molecule has 2 fully saturated rings. The number of hydrogen-bond donors (Lipinski definition) is 0. The summed E-state index contributed by atoms with van der Waals surface area (Å²) in [4.78, 5) is 25.3. The zero-order valence-electron chi connectivity index (χ0n) is 75.2. The van der Waals surface area contributed by atoms with E-state index in [1.165, 1.54) is 169 Å². The largest absolute Gasteiger partial charge is 0.309 e. The van der Waals surface area contributed by atoms with Crippen LogP contribution in [0.4, 0.5) is 0 Å². The van der Waals surface area contributed by atoms with Gasteiger partial charge in [0.05, 0.1) is 67.3 Å². The summed E-state index contributed by atoms with van der Waals surface area (Å²) in [5, 5.41) is 7.85. The summed E-state index contributed by atoms with van der Waals surface area (Å²) in [6, 6.07) is 164. The zero-order valence-corrected chi connectivity index (χ0v) is 75.2. The average Bonchev–Trinajstić information content (AvgIpc) is 1.60. The van der Waals surface area contributed by atoms with Crippen LogP contribution in [0.2, 0.25) is 0 Å². The number of aromatic nitrogens is 8. The van der Waals surface area contributed by atoms with Crippen LogP contribution < -0.4 is 0 Å². The van der Waals surface area contributed by atoms with Crippen molar-refractivity contribution >= 4 is 65.4 Å². The summed E-state index contributed by atoms with van der Waals surface area (Å²) >= 11 is 0. The van der Waals surface area contributed by atoms with Crippen molar-refractivity contribution in [2.75, 3.05) is 0 Å². The maximum Gasteiger partial charge on any atom is 0.160 e. The molecule has 6 heterocycles. The Morgan fingerprint density at radius 3 is 0.689 bits per heavy atom. The van der Waals surface area contributed by atoms with Crippen LogP contribution in [-0.4, -0.2) is 38.6 Å². The molecule has 0 atom stereocenters. The van der Waals surface area contributed by atoms with Crippen molar-refractivity contribution in [3.63, 3.8) is 0 Å². The highest BCUT2D eigenvalue weighted by Gasteiger charge is 2.25. The van der Waals surface area contributed by atoms with Crippen molar-refractivity contribution < 1.29 is 0 Å². The van der Waals surface area contributed by atoms with E-state index in [9.17, 15) is 0 Å². The van der Waals surface area contributed by atoms with Crippen LogP contribution in [0, 0.1) is 0 Å². The van der Waals surface area contributed by atoms with Gasteiger partial charge in [0, 0.05) is 93.9 Å². The standard InChI is InChI=1S/C46H43N3.C41H28N2.C40H27N3/c1-5-13-32(14-6-1)37-23-27-44-40(29-37)41-30-38(33-15-7-2-8-16-33)24-28-45(41)49(44)39-25-21-35(22-26-39)43-31-42(34-17-9-3-10-18-34)47-46(48-43)36-19-11-4-12-20-36;1-3-11-29(12-4-1)30-19-21-33(22-20-30)39-28-34(27-38(42-39)32-13-5-2-6-14-32)31-23-25-35(26-24-31)43-40-17-9-7-15-36(40)37-16-8-10-18-41(37)43;1-3-11-28(12-4-1)29-19-21-30(22-20-29)36-27-37(42-40(41-36)32-13-5-2-6-14-32)31-23-25-33(26-24-31)43-38-17-9-7-15-34(38)35-16-8-10-18-39(35)43/h3-4,9-12,17-33H,1-2,5-8,13-16H2;1-28H;1-27H. The van der Waals surface area contributed by atoms with Crippen molar-refractivity contribution in [1.82, 2.24) is 38.6 Å². The van der Waals surface area contributed by atoms with Gasteiger partial charge in [0.25, 0.3) is 0 Å². The quantitative estimate of drug-likeness (QED) is 0.0963. The summed E-state index contributed by atoms with van der Waals surface area (Å²) in [5.74, 6) is 2.83. The molecule has 0 unspecified atom stereocenters. The SMILES string of the molecule is c1ccc(-c2cc(-c3ccc(-n4c5ccc(C6CCCCC6)cc5c5cc(C6CCCCC6)ccc54)cc3)nc(-c3ccccc3)n2)cc1.c1ccc(-c2ccc(-c3cc(-c4ccc(-n5c6ccccc6c6ccccc65)cc4)cc(-c4ccccc4)n3)cc2)cc1.c1ccc(-c2ccc(-c3cc(-c4ccc(-n5c6ccccc6c6ccccc65)cc4)nc(-c4ccccc4)n3)cc2)cc1. The van der Waals surface area contributed by atoms with Gasteiger partial charge in [-0.25, -0.2) is 24.9 Å². The molecule has 8 heteroatoms. The first-order valence-electron chi connectivity index (χ1n) is 47.6. The summed E-state index contributed by atoms with van der Waals surface area (Å²) < 4.78 is 7.17. The van der Waals surface area contributed by atoms with E-state index in [4.69, 9.17) is 24.9 Å². The van der Waals surface area contributed by atoms with Crippen LogP contribution in [0.15, 0.2) is 461 Å². The van der Waals surface area contributed by atoms with Gasteiger partial charge >= 0.3 is 0 Å². The summed E-state index contributed by atoms with van der Waals surface area (Å²) in [6.45, 7) is 0. The molecule has 0 radical (unpaired) electrons. The minimum atomic E-state index is 0.687. The van der Waals surface area contributed by atoms with Crippen LogP contribution in [0.3, 0.4) is 0 Å². The molecule has 0 bridgehead atoms. The second kappa shape index (κ2) is 37.4. The summed E-state index contributed by atoms with van der Waals surface area (Å²) in [7, 11) is 0. The Morgan fingerprint density at radius 2 is 0.378 bits per heavy atom. The Labute approximate surface area is 787 Å². The summed E-state index contributed by atoms with van der Waals surface area (Å²) in [6.07, 6.45) is 13.5. The molecule has 2 saturated carbocycles. The zero-order chi connectivity index (χ0) is 89.8. The summed E-state index contributed by atoms with van der Waals surface area (Å²) in [5.41, 5.74) is 35.1. The molecule has 8 nitrogen and oxygen atoms in total. The van der Waals surface area contributed by atoms with Crippen molar-refractivity contribution in [3.05, 3.63) is 472 Å². The van der Waals surface area contributed by atoms with Crippen molar-refractivity contribution in [2.24, 2.45) is 0 Å². The third-order valence-corrected chi connectivity index (χ3v) is 27.5. The maximum absolute atomic E-state index is 5.12. The molecule has 0 aliphatic heterocycles. The molecule has 23 aromatic rings. The predicted molar refractivity (Wildman–Crippen MR) is 563 cm³/mol. The van der Waals surface area contributed by atoms with Crippen LogP contribution in [0.5, 0.6) is 0 Å². The average molecular weight is 1740 g/mol. The molecule has 0 amide bonds. The van der Waals surface area contributed by atoms with E-state index in [-0.39, 0.29) is 0 Å². The number of para-hydroxylation sites is 4. The first kappa shape index (κ1) is 82.8. The normalized spacial score (nSPS) is 13.0. The van der Waals surface area contributed by atoms with Gasteiger partial charge in [-0.05, 0) is 191 Å². The highest BCUT2D eigenvalue weighted by atomic mass is 15.0. The number of pyridine rings is 1. The number of nitrogens with zero attached hydrogens (tertiary/aromatic N) is 8. The molecule has 0 saturated heterocycles. The smallest absolute Gasteiger partial charge is 0.160 e. The van der Waals surface area contributed by atoms with E-state index in [1.807, 2.05) is 60.7 Å². The van der Waals surface area contributed by atoms with E-state index in [0.717, 1.165) is 107 Å². The Morgan fingerprint density at radius 1 is 0.156 bits per heavy atom. The molecule has 0 spiro atoms. The lowest BCUT2D eigenvalue weighted by Crippen LogP contribution is -2.04. The lowest BCUT2D eigenvalue weighted by molar-refractivity contribution is 0.444. The maximum atomic E-state index is 5.12. The number of hydrogen-bond acceptors (Lipinski definition) is 5. The molecule has 6 aromatic heterocycles. The Kier molecular flexibility index (Phi) is 22.9. The van der Waals surface area contributed by atoms with Gasteiger partial charge in [0.15, 0.2) is 11.6 Å². The molecule has 2 aliphatic carbocycles. The third-order valence-electron chi connectivity index (χ3n) is 27.5. The minimum Gasteiger partial charge on any atom is -0.309 e.